The third kappa shape index (κ3) is 6.02. The summed E-state index contributed by atoms with van der Waals surface area (Å²) in [5.74, 6) is 0.0393. The van der Waals surface area contributed by atoms with Crippen molar-refractivity contribution in [2.45, 2.75) is 32.2 Å². The highest BCUT2D eigenvalue weighted by atomic mass is 127. The lowest BCUT2D eigenvalue weighted by molar-refractivity contribution is -0.121. The van der Waals surface area contributed by atoms with Gasteiger partial charge in [-0.15, -0.1) is 0 Å². The zero-order valence-electron chi connectivity index (χ0n) is 9.95. The fourth-order valence-electron chi connectivity index (χ4n) is 1.63. The summed E-state index contributed by atoms with van der Waals surface area (Å²) >= 11 is 2.24. The summed E-state index contributed by atoms with van der Waals surface area (Å²) in [6, 6.07) is 8.06. The summed E-state index contributed by atoms with van der Waals surface area (Å²) in [7, 11) is 0. The number of hydrogen-bond donors (Lipinski definition) is 2. The lowest BCUT2D eigenvalue weighted by atomic mass is 10.1. The van der Waals surface area contributed by atoms with Gasteiger partial charge in [0.1, 0.15) is 0 Å². The Morgan fingerprint density at radius 2 is 2.29 bits per heavy atom. The van der Waals surface area contributed by atoms with Gasteiger partial charge in [0.25, 0.3) is 0 Å². The number of hydrogen-bond acceptors (Lipinski definition) is 2. The average Bonchev–Trinajstić information content (AvgIpc) is 2.26. The average molecular weight is 347 g/mol. The van der Waals surface area contributed by atoms with Crippen LogP contribution in [-0.2, 0) is 11.2 Å². The Balaban J connectivity index is 2.39. The minimum Gasteiger partial charge on any atom is -0.396 e. The molecule has 0 radical (unpaired) electrons. The topological polar surface area (TPSA) is 49.3 Å². The van der Waals surface area contributed by atoms with Crippen LogP contribution in [0.4, 0.5) is 0 Å². The molecule has 1 aromatic carbocycles. The van der Waals surface area contributed by atoms with Gasteiger partial charge in [0.2, 0.25) is 5.91 Å². The van der Waals surface area contributed by atoms with Gasteiger partial charge in [-0.25, -0.2) is 0 Å². The molecule has 1 unspecified atom stereocenters. The minimum absolute atomic E-state index is 0.0393. The van der Waals surface area contributed by atoms with Gasteiger partial charge in [-0.1, -0.05) is 12.1 Å². The van der Waals surface area contributed by atoms with Gasteiger partial charge < -0.3 is 10.4 Å². The number of rotatable bonds is 6. The Labute approximate surface area is 116 Å². The molecule has 0 heterocycles. The Morgan fingerprint density at radius 3 is 2.94 bits per heavy atom. The first-order valence-corrected chi connectivity index (χ1v) is 6.84. The van der Waals surface area contributed by atoms with E-state index >= 15 is 0 Å². The van der Waals surface area contributed by atoms with Crippen LogP contribution >= 0.6 is 22.6 Å². The molecule has 2 N–H and O–H groups in total. The number of nitrogens with one attached hydrogen (secondary N) is 1. The van der Waals surface area contributed by atoms with Crippen LogP contribution < -0.4 is 5.32 Å². The Hall–Kier alpha value is -0.620. The molecule has 1 atom stereocenters. The van der Waals surface area contributed by atoms with Gasteiger partial charge in [-0.05, 0) is 60.1 Å². The maximum atomic E-state index is 11.7. The van der Waals surface area contributed by atoms with Crippen molar-refractivity contribution in [1.29, 1.82) is 0 Å². The van der Waals surface area contributed by atoms with Gasteiger partial charge in [0.15, 0.2) is 0 Å². The molecule has 0 aliphatic carbocycles. The van der Waals surface area contributed by atoms with E-state index in [4.69, 9.17) is 5.11 Å². The maximum absolute atomic E-state index is 11.7. The molecule has 1 aromatic rings. The highest BCUT2D eigenvalue weighted by molar-refractivity contribution is 14.1. The predicted octanol–water partition coefficient (Wildman–Crippen LogP) is 2.11. The lowest BCUT2D eigenvalue weighted by Crippen LogP contribution is -2.33. The Morgan fingerprint density at radius 1 is 1.53 bits per heavy atom. The maximum Gasteiger partial charge on any atom is 0.224 e. The standard InChI is InChI=1S/C13H18INO2/c1-10(4-3-7-16)15-13(17)9-11-5-2-6-12(14)8-11/h2,5-6,8,10,16H,3-4,7,9H2,1H3,(H,15,17). The minimum atomic E-state index is 0.0393. The second-order valence-corrected chi connectivity index (χ2v) is 5.39. The van der Waals surface area contributed by atoms with Gasteiger partial charge in [0.05, 0.1) is 6.42 Å². The zero-order valence-corrected chi connectivity index (χ0v) is 12.1. The second kappa shape index (κ2) is 7.66. The summed E-state index contributed by atoms with van der Waals surface area (Å²) in [5.41, 5.74) is 1.03. The van der Waals surface area contributed by atoms with Crippen molar-refractivity contribution in [3.8, 4) is 0 Å². The fraction of sp³-hybridized carbons (Fsp3) is 0.462. The monoisotopic (exact) mass is 347 g/mol. The van der Waals surface area contributed by atoms with E-state index in [0.717, 1.165) is 22.0 Å². The molecule has 1 rings (SSSR count). The zero-order chi connectivity index (χ0) is 12.7. The van der Waals surface area contributed by atoms with Gasteiger partial charge in [-0.2, -0.15) is 0 Å². The number of aliphatic hydroxyl groups excluding tert-OH is 1. The summed E-state index contributed by atoms with van der Waals surface area (Å²) < 4.78 is 1.14. The molecule has 17 heavy (non-hydrogen) atoms. The van der Waals surface area contributed by atoms with E-state index in [1.165, 1.54) is 0 Å². The number of halogens is 1. The molecular formula is C13H18INO2. The van der Waals surface area contributed by atoms with Crippen LogP contribution in [0.1, 0.15) is 25.3 Å². The van der Waals surface area contributed by atoms with Crippen LogP contribution in [0.5, 0.6) is 0 Å². The Bertz CT molecular complexity index is 368. The van der Waals surface area contributed by atoms with Crippen LogP contribution in [0.25, 0.3) is 0 Å². The molecular weight excluding hydrogens is 329 g/mol. The number of carbonyl (C=O) groups excluding carboxylic acids is 1. The third-order valence-corrected chi connectivity index (χ3v) is 3.13. The number of benzene rings is 1. The van der Waals surface area contributed by atoms with Crippen molar-refractivity contribution in [3.63, 3.8) is 0 Å². The first kappa shape index (κ1) is 14.4. The van der Waals surface area contributed by atoms with E-state index < -0.39 is 0 Å². The number of amides is 1. The molecule has 0 bridgehead atoms. The molecule has 4 heteroatoms. The quantitative estimate of drug-likeness (QED) is 0.775. The van der Waals surface area contributed by atoms with Crippen LogP contribution in [-0.4, -0.2) is 23.7 Å². The van der Waals surface area contributed by atoms with Gasteiger partial charge in [-0.3, -0.25) is 4.79 Å². The molecule has 0 saturated carbocycles. The molecule has 0 saturated heterocycles. The fourth-order valence-corrected chi connectivity index (χ4v) is 2.24. The predicted molar refractivity (Wildman–Crippen MR) is 76.8 cm³/mol. The van der Waals surface area contributed by atoms with E-state index in [9.17, 15) is 4.79 Å². The van der Waals surface area contributed by atoms with E-state index in [-0.39, 0.29) is 18.6 Å². The summed E-state index contributed by atoms with van der Waals surface area (Å²) in [6.07, 6.45) is 1.96. The van der Waals surface area contributed by atoms with Crippen molar-refractivity contribution < 1.29 is 9.90 Å². The summed E-state index contributed by atoms with van der Waals surface area (Å²) in [6.45, 7) is 2.14. The van der Waals surface area contributed by atoms with Crippen LogP contribution in [0.15, 0.2) is 24.3 Å². The van der Waals surface area contributed by atoms with Crippen molar-refractivity contribution in [2.24, 2.45) is 0 Å². The lowest BCUT2D eigenvalue weighted by Gasteiger charge is -2.13. The largest absolute Gasteiger partial charge is 0.396 e. The van der Waals surface area contributed by atoms with Crippen molar-refractivity contribution in [2.75, 3.05) is 6.61 Å². The highest BCUT2D eigenvalue weighted by Crippen LogP contribution is 2.08. The van der Waals surface area contributed by atoms with Crippen molar-refractivity contribution >= 4 is 28.5 Å². The normalized spacial score (nSPS) is 12.2. The second-order valence-electron chi connectivity index (χ2n) is 4.14. The van der Waals surface area contributed by atoms with E-state index in [0.29, 0.717) is 6.42 Å². The summed E-state index contributed by atoms with van der Waals surface area (Å²) in [5, 5.41) is 11.6. The first-order chi connectivity index (χ1) is 8.11. The molecule has 0 aromatic heterocycles. The molecule has 3 nitrogen and oxygen atoms in total. The molecule has 0 fully saturated rings. The molecule has 0 aliphatic heterocycles. The van der Waals surface area contributed by atoms with Gasteiger partial charge in [0, 0.05) is 16.2 Å². The van der Waals surface area contributed by atoms with E-state index in [2.05, 4.69) is 27.9 Å². The van der Waals surface area contributed by atoms with Crippen molar-refractivity contribution in [3.05, 3.63) is 33.4 Å². The SMILES string of the molecule is CC(CCCO)NC(=O)Cc1cccc(I)c1. The smallest absolute Gasteiger partial charge is 0.224 e. The molecule has 0 spiro atoms. The van der Waals surface area contributed by atoms with Crippen LogP contribution in [0.3, 0.4) is 0 Å². The molecule has 94 valence electrons. The third-order valence-electron chi connectivity index (χ3n) is 2.46. The van der Waals surface area contributed by atoms with Crippen LogP contribution in [0, 0.1) is 3.57 Å². The van der Waals surface area contributed by atoms with E-state index in [1.54, 1.807) is 0 Å². The van der Waals surface area contributed by atoms with E-state index in [1.807, 2.05) is 31.2 Å². The van der Waals surface area contributed by atoms with Crippen LogP contribution in [0.2, 0.25) is 0 Å². The molecule has 1 amide bonds. The first-order valence-electron chi connectivity index (χ1n) is 5.76. The highest BCUT2D eigenvalue weighted by Gasteiger charge is 2.07. The Kier molecular flexibility index (Phi) is 6.50. The number of carbonyl (C=O) groups is 1. The van der Waals surface area contributed by atoms with Crippen molar-refractivity contribution in [1.82, 2.24) is 5.32 Å². The number of aliphatic hydroxyl groups is 1. The summed E-state index contributed by atoms with van der Waals surface area (Å²) in [4.78, 5) is 11.7. The van der Waals surface area contributed by atoms with Gasteiger partial charge >= 0.3 is 0 Å². The molecule has 0 aliphatic rings.